The number of amides is 2. The summed E-state index contributed by atoms with van der Waals surface area (Å²) in [5.74, 6) is -1.03. The summed E-state index contributed by atoms with van der Waals surface area (Å²) >= 11 is 0. The van der Waals surface area contributed by atoms with Gasteiger partial charge in [-0.25, -0.2) is 8.42 Å². The predicted molar refractivity (Wildman–Crippen MR) is 168 cm³/mol. The van der Waals surface area contributed by atoms with E-state index in [1.165, 1.54) is 35.2 Å². The Bertz CT molecular complexity index is 1700. The molecule has 4 rings (SSSR count). The van der Waals surface area contributed by atoms with E-state index in [0.717, 1.165) is 27.1 Å². The molecule has 11 heteroatoms. The lowest BCUT2D eigenvalue weighted by atomic mass is 10.0. The molecule has 4 aromatic rings. The van der Waals surface area contributed by atoms with E-state index < -0.39 is 33.4 Å². The van der Waals surface area contributed by atoms with Crippen LogP contribution in [0.2, 0.25) is 0 Å². The molecule has 1 atom stereocenters. The monoisotopic (exact) mass is 614 g/mol. The smallest absolute Gasteiger partial charge is 0.271 e. The summed E-state index contributed by atoms with van der Waals surface area (Å²) in [6, 6.07) is 28.4. The third-order valence-corrected chi connectivity index (χ3v) is 8.82. The van der Waals surface area contributed by atoms with E-state index >= 15 is 0 Å². The summed E-state index contributed by atoms with van der Waals surface area (Å²) in [5, 5.41) is 14.4. The first-order valence-electron chi connectivity index (χ1n) is 14.1. The molecule has 0 unspecified atom stereocenters. The summed E-state index contributed by atoms with van der Waals surface area (Å²) < 4.78 is 28.8. The number of hydrogen-bond donors (Lipinski definition) is 1. The van der Waals surface area contributed by atoms with E-state index in [4.69, 9.17) is 0 Å². The number of carbonyl (C=O) groups is 2. The zero-order valence-corrected chi connectivity index (χ0v) is 25.3. The third kappa shape index (κ3) is 7.87. The highest BCUT2D eigenvalue weighted by molar-refractivity contribution is 7.92. The van der Waals surface area contributed by atoms with Crippen molar-refractivity contribution in [3.63, 3.8) is 0 Å². The third-order valence-electron chi connectivity index (χ3n) is 7.03. The van der Waals surface area contributed by atoms with Crippen molar-refractivity contribution in [3.8, 4) is 0 Å². The minimum atomic E-state index is -4.36. The average Bonchev–Trinajstić information content (AvgIpc) is 3.03. The second kappa shape index (κ2) is 14.4. The van der Waals surface area contributed by atoms with Gasteiger partial charge in [-0.1, -0.05) is 84.4 Å². The van der Waals surface area contributed by atoms with E-state index in [-0.39, 0.29) is 35.1 Å². The van der Waals surface area contributed by atoms with E-state index in [1.807, 2.05) is 61.5 Å². The molecule has 0 heterocycles. The number of nitro benzene ring substituents is 1. The van der Waals surface area contributed by atoms with Crippen molar-refractivity contribution in [1.82, 2.24) is 10.2 Å². The Morgan fingerprint density at radius 2 is 1.50 bits per heavy atom. The standard InChI is InChI=1S/C33H34N4O6S/c1-3-34-33(39)31(21-26-11-6-4-7-12-26)35(23-27-19-17-25(2)18-20-27)32(38)24-36(28-13-10-14-29(22-28)37(40)41)44(42,43)30-15-8-5-9-16-30/h4-20,22,31H,3,21,23-24H2,1-2H3,(H,34,39)/t31-/m1/s1. The van der Waals surface area contributed by atoms with Crippen molar-refractivity contribution >= 4 is 33.2 Å². The number of non-ortho nitro benzene ring substituents is 1. The fraction of sp³-hybridized carbons (Fsp3) is 0.212. The van der Waals surface area contributed by atoms with Crippen molar-refractivity contribution < 1.29 is 22.9 Å². The van der Waals surface area contributed by atoms with Crippen molar-refractivity contribution in [3.05, 3.63) is 136 Å². The predicted octanol–water partition coefficient (Wildman–Crippen LogP) is 4.87. The highest BCUT2D eigenvalue weighted by Gasteiger charge is 2.34. The van der Waals surface area contributed by atoms with Gasteiger partial charge in [0.2, 0.25) is 11.8 Å². The van der Waals surface area contributed by atoms with E-state index in [0.29, 0.717) is 6.54 Å². The number of rotatable bonds is 13. The fourth-order valence-corrected chi connectivity index (χ4v) is 6.17. The molecular weight excluding hydrogens is 580 g/mol. The Labute approximate surface area is 257 Å². The van der Waals surface area contributed by atoms with Crippen molar-refractivity contribution in [2.75, 3.05) is 17.4 Å². The second-order valence-corrected chi connectivity index (χ2v) is 12.1. The van der Waals surface area contributed by atoms with E-state index in [2.05, 4.69) is 5.32 Å². The van der Waals surface area contributed by atoms with Gasteiger partial charge in [0.15, 0.2) is 0 Å². The van der Waals surface area contributed by atoms with Gasteiger partial charge in [-0.3, -0.25) is 24.0 Å². The molecule has 44 heavy (non-hydrogen) atoms. The molecule has 0 bridgehead atoms. The van der Waals surface area contributed by atoms with E-state index in [9.17, 15) is 28.1 Å². The summed E-state index contributed by atoms with van der Waals surface area (Å²) in [6.45, 7) is 3.38. The summed E-state index contributed by atoms with van der Waals surface area (Å²) in [5.41, 5.74) is 2.20. The van der Waals surface area contributed by atoms with Crippen molar-refractivity contribution in [1.29, 1.82) is 0 Å². The average molecular weight is 615 g/mol. The summed E-state index contributed by atoms with van der Waals surface area (Å²) in [7, 11) is -4.36. The lowest BCUT2D eigenvalue weighted by molar-refractivity contribution is -0.384. The number of carbonyl (C=O) groups excluding carboxylic acids is 2. The van der Waals surface area contributed by atoms with Gasteiger partial charge in [0, 0.05) is 31.6 Å². The Morgan fingerprint density at radius 3 is 2.11 bits per heavy atom. The number of hydrogen-bond acceptors (Lipinski definition) is 6. The van der Waals surface area contributed by atoms with Gasteiger partial charge in [0.1, 0.15) is 12.6 Å². The zero-order valence-electron chi connectivity index (χ0n) is 24.5. The normalized spacial score (nSPS) is 11.8. The Balaban J connectivity index is 1.81. The second-order valence-electron chi connectivity index (χ2n) is 10.2. The molecule has 0 aliphatic carbocycles. The first-order valence-corrected chi connectivity index (χ1v) is 15.5. The number of aryl methyl sites for hydroxylation is 1. The first-order chi connectivity index (χ1) is 21.1. The van der Waals surface area contributed by atoms with Gasteiger partial charge in [-0.2, -0.15) is 0 Å². The molecule has 0 fully saturated rings. The number of likely N-dealkylation sites (N-methyl/N-ethyl adjacent to an activating group) is 1. The molecule has 0 radical (unpaired) electrons. The van der Waals surface area contributed by atoms with Crippen LogP contribution in [0.3, 0.4) is 0 Å². The van der Waals surface area contributed by atoms with Gasteiger partial charge in [0.05, 0.1) is 15.5 Å². The van der Waals surface area contributed by atoms with E-state index in [1.54, 1.807) is 25.1 Å². The van der Waals surface area contributed by atoms with Crippen LogP contribution in [0.1, 0.15) is 23.6 Å². The number of sulfonamides is 1. The lowest BCUT2D eigenvalue weighted by Gasteiger charge is -2.33. The zero-order chi connectivity index (χ0) is 31.7. The first kappa shape index (κ1) is 31.9. The van der Waals surface area contributed by atoms with Crippen LogP contribution in [0.4, 0.5) is 11.4 Å². The molecular formula is C33H34N4O6S. The number of nitro groups is 1. The van der Waals surface area contributed by atoms with Gasteiger partial charge in [-0.15, -0.1) is 0 Å². The molecule has 2 amide bonds. The molecule has 4 aromatic carbocycles. The number of anilines is 1. The maximum atomic E-state index is 14.3. The quantitative estimate of drug-likeness (QED) is 0.169. The van der Waals surface area contributed by atoms with Gasteiger partial charge in [0.25, 0.3) is 15.7 Å². The number of nitrogens with one attached hydrogen (secondary N) is 1. The van der Waals surface area contributed by atoms with Crippen LogP contribution in [0.25, 0.3) is 0 Å². The van der Waals surface area contributed by atoms with Crippen LogP contribution in [-0.2, 0) is 32.6 Å². The Kier molecular flexibility index (Phi) is 10.5. The molecule has 0 aliphatic rings. The van der Waals surface area contributed by atoms with Crippen LogP contribution >= 0.6 is 0 Å². The maximum absolute atomic E-state index is 14.3. The molecule has 0 saturated heterocycles. The molecule has 1 N–H and O–H groups in total. The number of benzene rings is 4. The minimum Gasteiger partial charge on any atom is -0.355 e. The SMILES string of the molecule is CCNC(=O)[C@@H](Cc1ccccc1)N(Cc1ccc(C)cc1)C(=O)CN(c1cccc([N+](=O)[O-])c1)S(=O)(=O)c1ccccc1. The van der Waals surface area contributed by atoms with Gasteiger partial charge >= 0.3 is 0 Å². The van der Waals surface area contributed by atoms with Crippen LogP contribution in [0.5, 0.6) is 0 Å². The highest BCUT2D eigenvalue weighted by Crippen LogP contribution is 2.28. The highest BCUT2D eigenvalue weighted by atomic mass is 32.2. The summed E-state index contributed by atoms with van der Waals surface area (Å²) in [4.78, 5) is 40.1. The van der Waals surface area contributed by atoms with Crippen LogP contribution in [0.15, 0.2) is 114 Å². The topological polar surface area (TPSA) is 130 Å². The Morgan fingerprint density at radius 1 is 0.864 bits per heavy atom. The van der Waals surface area contributed by atoms with Crippen LogP contribution in [0, 0.1) is 17.0 Å². The van der Waals surface area contributed by atoms with Gasteiger partial charge in [-0.05, 0) is 43.2 Å². The molecule has 0 aromatic heterocycles. The molecule has 10 nitrogen and oxygen atoms in total. The molecule has 0 aliphatic heterocycles. The molecule has 228 valence electrons. The summed E-state index contributed by atoms with van der Waals surface area (Å²) in [6.07, 6.45) is 0.187. The minimum absolute atomic E-state index is 0.0297. The Hall–Kier alpha value is -5.03. The largest absolute Gasteiger partial charge is 0.355 e. The number of nitrogens with zero attached hydrogens (tertiary/aromatic N) is 3. The molecule has 0 saturated carbocycles. The van der Waals surface area contributed by atoms with Crippen molar-refractivity contribution in [2.24, 2.45) is 0 Å². The van der Waals surface area contributed by atoms with Crippen molar-refractivity contribution in [2.45, 2.75) is 37.8 Å². The lowest BCUT2D eigenvalue weighted by Crippen LogP contribution is -2.53. The maximum Gasteiger partial charge on any atom is 0.271 e. The van der Waals surface area contributed by atoms with Crippen LogP contribution < -0.4 is 9.62 Å². The fourth-order valence-electron chi connectivity index (χ4n) is 4.75. The van der Waals surface area contributed by atoms with Gasteiger partial charge < -0.3 is 10.2 Å². The molecule has 0 spiro atoms. The van der Waals surface area contributed by atoms with Crippen LogP contribution in [-0.4, -0.2) is 49.2 Å².